The molecule has 0 aromatic heterocycles. The normalized spacial score (nSPS) is 12.6. The molecule has 0 radical (unpaired) electrons. The van der Waals surface area contributed by atoms with Gasteiger partial charge >= 0.3 is 0 Å². The Balaban J connectivity index is 2.77. The molecule has 0 spiro atoms. The summed E-state index contributed by atoms with van der Waals surface area (Å²) in [5.41, 5.74) is 1.12. The van der Waals surface area contributed by atoms with Crippen LogP contribution in [-0.2, 0) is 6.54 Å². The first-order valence-corrected chi connectivity index (χ1v) is 6.03. The topological polar surface area (TPSA) is 30.5 Å². The highest BCUT2D eigenvalue weighted by atomic mass is 16.5. The van der Waals surface area contributed by atoms with Crippen molar-refractivity contribution in [3.8, 4) is 11.5 Å². The van der Waals surface area contributed by atoms with Crippen molar-refractivity contribution in [2.45, 2.75) is 33.4 Å². The molecule has 0 aliphatic heterocycles. The molecule has 1 aromatic rings. The average Bonchev–Trinajstić information content (AvgIpc) is 2.34. The molecule has 0 aliphatic carbocycles. The molecule has 0 aliphatic rings. The monoisotopic (exact) mass is 237 g/mol. The molecule has 3 heteroatoms. The summed E-state index contributed by atoms with van der Waals surface area (Å²) in [5.74, 6) is 2.22. The minimum absolute atomic E-state index is 0.478. The van der Waals surface area contributed by atoms with Gasteiger partial charge in [-0.25, -0.2) is 0 Å². The first-order valence-electron chi connectivity index (χ1n) is 6.03. The second kappa shape index (κ2) is 6.50. The zero-order chi connectivity index (χ0) is 12.8. The summed E-state index contributed by atoms with van der Waals surface area (Å²) in [5, 5.41) is 3.49. The first kappa shape index (κ1) is 13.8. The van der Waals surface area contributed by atoms with Gasteiger partial charge in [0.2, 0.25) is 0 Å². The van der Waals surface area contributed by atoms with E-state index in [9.17, 15) is 0 Å². The Morgan fingerprint density at radius 3 is 2.35 bits per heavy atom. The number of methoxy groups -OCH3 is 2. The third kappa shape index (κ3) is 3.63. The third-order valence-electron chi connectivity index (χ3n) is 3.10. The molecule has 3 nitrogen and oxygen atoms in total. The van der Waals surface area contributed by atoms with Crippen molar-refractivity contribution in [1.82, 2.24) is 5.32 Å². The number of nitrogens with one attached hydrogen (secondary N) is 1. The van der Waals surface area contributed by atoms with Gasteiger partial charge in [0.15, 0.2) is 11.5 Å². The van der Waals surface area contributed by atoms with Gasteiger partial charge in [-0.2, -0.15) is 0 Å². The van der Waals surface area contributed by atoms with Crippen LogP contribution in [-0.4, -0.2) is 20.3 Å². The summed E-state index contributed by atoms with van der Waals surface area (Å²) in [4.78, 5) is 0. The van der Waals surface area contributed by atoms with E-state index >= 15 is 0 Å². The predicted octanol–water partition coefficient (Wildman–Crippen LogP) is 2.84. The highest BCUT2D eigenvalue weighted by molar-refractivity contribution is 5.46. The number of benzene rings is 1. The fourth-order valence-electron chi connectivity index (χ4n) is 1.60. The van der Waals surface area contributed by atoms with Gasteiger partial charge < -0.3 is 14.8 Å². The van der Waals surface area contributed by atoms with Crippen LogP contribution in [0.4, 0.5) is 0 Å². The molecule has 1 atom stereocenters. The molecule has 96 valence electrons. The number of ether oxygens (including phenoxy) is 2. The molecule has 0 bridgehead atoms. The third-order valence-corrected chi connectivity index (χ3v) is 3.10. The fraction of sp³-hybridized carbons (Fsp3) is 0.571. The lowest BCUT2D eigenvalue weighted by Gasteiger charge is -2.19. The smallest absolute Gasteiger partial charge is 0.165 e. The minimum Gasteiger partial charge on any atom is -0.493 e. The van der Waals surface area contributed by atoms with E-state index in [1.807, 2.05) is 12.1 Å². The summed E-state index contributed by atoms with van der Waals surface area (Å²) in [7, 11) is 3.33. The molecule has 1 rings (SSSR count). The van der Waals surface area contributed by atoms with E-state index in [2.05, 4.69) is 32.2 Å². The maximum absolute atomic E-state index is 5.40. The predicted molar refractivity (Wildman–Crippen MR) is 70.7 cm³/mol. The Morgan fingerprint density at radius 2 is 1.82 bits per heavy atom. The van der Waals surface area contributed by atoms with E-state index in [0.29, 0.717) is 12.0 Å². The van der Waals surface area contributed by atoms with E-state index < -0.39 is 0 Å². The van der Waals surface area contributed by atoms with Crippen LogP contribution in [0.15, 0.2) is 18.2 Å². The zero-order valence-corrected chi connectivity index (χ0v) is 11.4. The molecular formula is C14H23NO2. The van der Waals surface area contributed by atoms with Crippen molar-refractivity contribution in [2.75, 3.05) is 14.2 Å². The van der Waals surface area contributed by atoms with Gasteiger partial charge in [0.1, 0.15) is 0 Å². The van der Waals surface area contributed by atoms with Gasteiger partial charge in [-0.1, -0.05) is 26.0 Å². The van der Waals surface area contributed by atoms with Crippen LogP contribution < -0.4 is 14.8 Å². The molecule has 0 saturated heterocycles. The summed E-state index contributed by atoms with van der Waals surface area (Å²) >= 11 is 0. The first-order chi connectivity index (χ1) is 8.10. The van der Waals surface area contributed by atoms with Crippen LogP contribution in [0.25, 0.3) is 0 Å². The Kier molecular flexibility index (Phi) is 5.29. The lowest BCUT2D eigenvalue weighted by atomic mass is 10.1. The molecule has 0 fully saturated rings. The summed E-state index contributed by atoms with van der Waals surface area (Å²) in [6.45, 7) is 7.40. The van der Waals surface area contributed by atoms with Crippen molar-refractivity contribution in [3.05, 3.63) is 23.8 Å². The summed E-state index contributed by atoms with van der Waals surface area (Å²) < 4.78 is 10.7. The van der Waals surface area contributed by atoms with Crippen LogP contribution in [0.2, 0.25) is 0 Å². The Bertz CT molecular complexity index is 350. The quantitative estimate of drug-likeness (QED) is 0.825. The molecule has 1 N–H and O–H groups in total. The second-order valence-electron chi connectivity index (χ2n) is 4.57. The maximum Gasteiger partial charge on any atom is 0.165 e. The second-order valence-corrected chi connectivity index (χ2v) is 4.57. The van der Waals surface area contributed by atoms with Gasteiger partial charge in [0.05, 0.1) is 14.2 Å². The molecule has 1 aromatic carbocycles. The lowest BCUT2D eigenvalue weighted by molar-refractivity contribution is 0.348. The van der Waals surface area contributed by atoms with Crippen molar-refractivity contribution >= 4 is 0 Å². The Morgan fingerprint density at radius 1 is 1.12 bits per heavy atom. The molecule has 17 heavy (non-hydrogen) atoms. The zero-order valence-electron chi connectivity index (χ0n) is 11.4. The molecule has 0 heterocycles. The Labute approximate surface area is 104 Å². The van der Waals surface area contributed by atoms with Gasteiger partial charge in [0, 0.05) is 18.2 Å². The number of rotatable bonds is 6. The van der Waals surface area contributed by atoms with E-state index in [1.165, 1.54) is 0 Å². The fourth-order valence-corrected chi connectivity index (χ4v) is 1.60. The number of para-hydroxylation sites is 1. The highest BCUT2D eigenvalue weighted by Crippen LogP contribution is 2.30. The number of hydrogen-bond acceptors (Lipinski definition) is 3. The summed E-state index contributed by atoms with van der Waals surface area (Å²) in [6, 6.07) is 6.43. The van der Waals surface area contributed by atoms with Crippen LogP contribution in [0.1, 0.15) is 26.3 Å². The molecule has 0 amide bonds. The van der Waals surface area contributed by atoms with E-state index in [1.54, 1.807) is 14.2 Å². The van der Waals surface area contributed by atoms with Crippen molar-refractivity contribution in [2.24, 2.45) is 5.92 Å². The average molecular weight is 237 g/mol. The number of hydrogen-bond donors (Lipinski definition) is 1. The molecule has 1 unspecified atom stereocenters. The van der Waals surface area contributed by atoms with Crippen LogP contribution in [0, 0.1) is 5.92 Å². The maximum atomic E-state index is 5.40. The van der Waals surface area contributed by atoms with E-state index in [0.717, 1.165) is 23.6 Å². The van der Waals surface area contributed by atoms with E-state index in [-0.39, 0.29) is 0 Å². The Hall–Kier alpha value is -1.22. The largest absolute Gasteiger partial charge is 0.493 e. The van der Waals surface area contributed by atoms with Gasteiger partial charge in [0.25, 0.3) is 0 Å². The standard InChI is InChI=1S/C14H23NO2/c1-10(2)11(3)15-9-12-7-6-8-13(16-4)14(12)17-5/h6-8,10-11,15H,9H2,1-5H3. The lowest BCUT2D eigenvalue weighted by Crippen LogP contribution is -2.30. The van der Waals surface area contributed by atoms with Crippen LogP contribution >= 0.6 is 0 Å². The van der Waals surface area contributed by atoms with Crippen LogP contribution in [0.5, 0.6) is 11.5 Å². The highest BCUT2D eigenvalue weighted by Gasteiger charge is 2.11. The van der Waals surface area contributed by atoms with E-state index in [4.69, 9.17) is 9.47 Å². The van der Waals surface area contributed by atoms with Crippen LogP contribution in [0.3, 0.4) is 0 Å². The van der Waals surface area contributed by atoms with Gasteiger partial charge in [-0.05, 0) is 18.9 Å². The van der Waals surface area contributed by atoms with Crippen molar-refractivity contribution < 1.29 is 9.47 Å². The summed E-state index contributed by atoms with van der Waals surface area (Å²) in [6.07, 6.45) is 0. The molecule has 0 saturated carbocycles. The SMILES string of the molecule is COc1cccc(CNC(C)C(C)C)c1OC. The van der Waals surface area contributed by atoms with Crippen molar-refractivity contribution in [3.63, 3.8) is 0 Å². The molecular weight excluding hydrogens is 214 g/mol. The van der Waals surface area contributed by atoms with Crippen molar-refractivity contribution in [1.29, 1.82) is 0 Å². The minimum atomic E-state index is 0.478. The van der Waals surface area contributed by atoms with Gasteiger partial charge in [-0.3, -0.25) is 0 Å². The van der Waals surface area contributed by atoms with Gasteiger partial charge in [-0.15, -0.1) is 0 Å².